The van der Waals surface area contributed by atoms with Gasteiger partial charge in [0.1, 0.15) is 0 Å². The number of hydrogen-bond donors (Lipinski definition) is 1. The van der Waals surface area contributed by atoms with Crippen molar-refractivity contribution < 1.29 is 9.32 Å². The molecule has 17 heavy (non-hydrogen) atoms. The van der Waals surface area contributed by atoms with Crippen molar-refractivity contribution in [3.8, 4) is 0 Å². The number of carbonyl (C=O) groups excluding carboxylic acids is 1. The van der Waals surface area contributed by atoms with Crippen LogP contribution in [0, 0.1) is 0 Å². The van der Waals surface area contributed by atoms with Crippen LogP contribution in [0.3, 0.4) is 0 Å². The van der Waals surface area contributed by atoms with Gasteiger partial charge in [-0.25, -0.2) is 0 Å². The number of amides is 1. The van der Waals surface area contributed by atoms with E-state index in [1.165, 1.54) is 12.3 Å². The molecule has 0 radical (unpaired) electrons. The van der Waals surface area contributed by atoms with E-state index < -0.39 is 0 Å². The molecule has 1 aromatic heterocycles. The molecule has 0 saturated heterocycles. The molecule has 1 aromatic carbocycles. The Labute approximate surface area is 99.0 Å². The number of hydrogen-bond acceptors (Lipinski definition) is 4. The highest BCUT2D eigenvalue weighted by Crippen LogP contribution is 2.16. The third-order valence-electron chi connectivity index (χ3n) is 2.30. The molecule has 0 aliphatic heterocycles. The lowest BCUT2D eigenvalue weighted by Crippen LogP contribution is -2.11. The Morgan fingerprint density at radius 2 is 1.94 bits per heavy atom. The summed E-state index contributed by atoms with van der Waals surface area (Å²) in [4.78, 5) is 13.6. The number of rotatable bonds is 3. The Bertz CT molecular complexity index is 489. The first kappa shape index (κ1) is 11.2. The third kappa shape index (κ3) is 2.63. The summed E-state index contributed by atoms with van der Waals surface area (Å²) in [6.45, 7) is 0. The maximum absolute atomic E-state index is 11.6. The largest absolute Gasteiger partial charge is 0.378 e. The van der Waals surface area contributed by atoms with E-state index in [0.29, 0.717) is 0 Å². The predicted molar refractivity (Wildman–Crippen MR) is 65.2 cm³/mol. The summed E-state index contributed by atoms with van der Waals surface area (Å²) in [6, 6.07) is 9.04. The van der Waals surface area contributed by atoms with Crippen molar-refractivity contribution in [1.29, 1.82) is 0 Å². The summed E-state index contributed by atoms with van der Waals surface area (Å²) in [6.07, 6.45) is 1.43. The number of anilines is 2. The van der Waals surface area contributed by atoms with Gasteiger partial charge in [-0.15, -0.1) is 0 Å². The van der Waals surface area contributed by atoms with Gasteiger partial charge in [0, 0.05) is 31.5 Å². The fourth-order valence-electron chi connectivity index (χ4n) is 1.37. The van der Waals surface area contributed by atoms with Crippen LogP contribution in [0.15, 0.2) is 41.1 Å². The van der Waals surface area contributed by atoms with Crippen LogP contribution in [-0.4, -0.2) is 25.2 Å². The summed E-state index contributed by atoms with van der Waals surface area (Å²) in [5.41, 5.74) is 1.79. The summed E-state index contributed by atoms with van der Waals surface area (Å²) in [5.74, 6) is -0.109. The molecule has 2 aromatic rings. The Morgan fingerprint density at radius 3 is 2.47 bits per heavy atom. The molecule has 0 aliphatic carbocycles. The maximum Gasteiger partial charge on any atom is 0.294 e. The van der Waals surface area contributed by atoms with Crippen LogP contribution in [0.4, 0.5) is 11.4 Å². The van der Waals surface area contributed by atoms with Crippen LogP contribution >= 0.6 is 0 Å². The van der Waals surface area contributed by atoms with Gasteiger partial charge < -0.3 is 14.7 Å². The standard InChI is InChI=1S/C12H13N3O2/c1-15(2)10-5-3-9(4-6-10)14-12(16)11-7-8-13-17-11/h3-8H,1-2H3,(H,14,16). The Morgan fingerprint density at radius 1 is 1.24 bits per heavy atom. The summed E-state index contributed by atoms with van der Waals surface area (Å²) in [5, 5.41) is 6.20. The third-order valence-corrected chi connectivity index (χ3v) is 2.30. The van der Waals surface area contributed by atoms with Gasteiger partial charge in [-0.2, -0.15) is 0 Å². The predicted octanol–water partition coefficient (Wildman–Crippen LogP) is 1.99. The van der Waals surface area contributed by atoms with Crippen molar-refractivity contribution in [2.24, 2.45) is 0 Å². The van der Waals surface area contributed by atoms with Gasteiger partial charge in [0.15, 0.2) is 0 Å². The molecule has 0 aliphatic rings. The molecule has 1 N–H and O–H groups in total. The number of carbonyl (C=O) groups is 1. The Hall–Kier alpha value is -2.30. The van der Waals surface area contributed by atoms with E-state index in [1.54, 1.807) is 0 Å². The molecule has 0 atom stereocenters. The lowest BCUT2D eigenvalue weighted by Gasteiger charge is -2.12. The maximum atomic E-state index is 11.6. The highest BCUT2D eigenvalue weighted by Gasteiger charge is 2.09. The highest BCUT2D eigenvalue weighted by molar-refractivity contribution is 6.02. The van der Waals surface area contributed by atoms with Gasteiger partial charge in [0.05, 0.1) is 6.20 Å². The molecule has 5 nitrogen and oxygen atoms in total. The lowest BCUT2D eigenvalue weighted by molar-refractivity contribution is 0.0988. The summed E-state index contributed by atoms with van der Waals surface area (Å²) >= 11 is 0. The smallest absolute Gasteiger partial charge is 0.294 e. The molecule has 88 valence electrons. The van der Waals surface area contributed by atoms with Crippen LogP contribution in [0.25, 0.3) is 0 Å². The average Bonchev–Trinajstić information content (AvgIpc) is 2.83. The molecular weight excluding hydrogens is 218 g/mol. The van der Waals surface area contributed by atoms with E-state index in [4.69, 9.17) is 4.52 Å². The quantitative estimate of drug-likeness (QED) is 0.877. The summed E-state index contributed by atoms with van der Waals surface area (Å²) < 4.78 is 4.76. The molecule has 2 rings (SSSR count). The molecule has 1 amide bonds. The van der Waals surface area contributed by atoms with Crippen LogP contribution in [-0.2, 0) is 0 Å². The molecule has 0 bridgehead atoms. The molecule has 5 heteroatoms. The second-order valence-corrected chi connectivity index (χ2v) is 3.77. The highest BCUT2D eigenvalue weighted by atomic mass is 16.5. The lowest BCUT2D eigenvalue weighted by atomic mass is 10.2. The molecule has 0 saturated carbocycles. The molecular formula is C12H13N3O2. The average molecular weight is 231 g/mol. The van der Waals surface area contributed by atoms with Crippen LogP contribution in [0.2, 0.25) is 0 Å². The fourth-order valence-corrected chi connectivity index (χ4v) is 1.37. The van der Waals surface area contributed by atoms with Crippen molar-refractivity contribution >= 4 is 17.3 Å². The normalized spacial score (nSPS) is 10.0. The van der Waals surface area contributed by atoms with E-state index in [0.717, 1.165) is 11.4 Å². The molecule has 0 spiro atoms. The number of benzene rings is 1. The first-order valence-corrected chi connectivity index (χ1v) is 5.16. The van der Waals surface area contributed by atoms with Gasteiger partial charge in [-0.1, -0.05) is 5.16 Å². The fraction of sp³-hybridized carbons (Fsp3) is 0.167. The van der Waals surface area contributed by atoms with Crippen LogP contribution < -0.4 is 10.2 Å². The van der Waals surface area contributed by atoms with Gasteiger partial charge >= 0.3 is 0 Å². The zero-order valence-electron chi connectivity index (χ0n) is 9.68. The SMILES string of the molecule is CN(C)c1ccc(NC(=O)c2ccno2)cc1. The van der Waals surface area contributed by atoms with E-state index in [9.17, 15) is 4.79 Å². The second-order valence-electron chi connectivity index (χ2n) is 3.77. The second kappa shape index (κ2) is 4.69. The van der Waals surface area contributed by atoms with Gasteiger partial charge in [0.25, 0.3) is 5.91 Å². The first-order valence-electron chi connectivity index (χ1n) is 5.16. The zero-order chi connectivity index (χ0) is 12.3. The van der Waals surface area contributed by atoms with Crippen molar-refractivity contribution in [3.63, 3.8) is 0 Å². The van der Waals surface area contributed by atoms with E-state index in [-0.39, 0.29) is 11.7 Å². The minimum absolute atomic E-state index is 0.196. The van der Waals surface area contributed by atoms with E-state index in [1.807, 2.05) is 43.3 Å². The number of aromatic nitrogens is 1. The first-order chi connectivity index (χ1) is 8.16. The van der Waals surface area contributed by atoms with Crippen molar-refractivity contribution in [3.05, 3.63) is 42.3 Å². The number of nitrogens with zero attached hydrogens (tertiary/aromatic N) is 2. The van der Waals surface area contributed by atoms with E-state index >= 15 is 0 Å². The van der Waals surface area contributed by atoms with Gasteiger partial charge in [-0.05, 0) is 24.3 Å². The van der Waals surface area contributed by atoms with Gasteiger partial charge in [-0.3, -0.25) is 4.79 Å². The van der Waals surface area contributed by atoms with Crippen molar-refractivity contribution in [2.75, 3.05) is 24.3 Å². The Kier molecular flexibility index (Phi) is 3.09. The molecule has 0 unspecified atom stereocenters. The minimum Gasteiger partial charge on any atom is -0.378 e. The molecule has 0 fully saturated rings. The van der Waals surface area contributed by atoms with Crippen LogP contribution in [0.1, 0.15) is 10.6 Å². The van der Waals surface area contributed by atoms with Crippen molar-refractivity contribution in [1.82, 2.24) is 5.16 Å². The van der Waals surface area contributed by atoms with E-state index in [2.05, 4.69) is 10.5 Å². The number of nitrogens with one attached hydrogen (secondary N) is 1. The van der Waals surface area contributed by atoms with Gasteiger partial charge in [0.2, 0.25) is 5.76 Å². The Balaban J connectivity index is 2.07. The van der Waals surface area contributed by atoms with Crippen molar-refractivity contribution in [2.45, 2.75) is 0 Å². The zero-order valence-corrected chi connectivity index (χ0v) is 9.68. The monoisotopic (exact) mass is 231 g/mol. The van der Waals surface area contributed by atoms with Crippen LogP contribution in [0.5, 0.6) is 0 Å². The topological polar surface area (TPSA) is 58.4 Å². The minimum atomic E-state index is -0.305. The summed E-state index contributed by atoms with van der Waals surface area (Å²) in [7, 11) is 3.92. The molecule has 1 heterocycles.